The molecule has 0 spiro atoms. The van der Waals surface area contributed by atoms with Crippen LogP contribution in [-0.2, 0) is 24.9 Å². The number of aromatic amines is 1. The lowest BCUT2D eigenvalue weighted by atomic mass is 9.76. The first kappa shape index (κ1) is 22.6. The molecule has 0 fully saturated rings. The first-order valence-electron chi connectivity index (χ1n) is 11.8. The number of hydrogen-bond donors (Lipinski definition) is 1. The molecule has 0 aliphatic carbocycles. The summed E-state index contributed by atoms with van der Waals surface area (Å²) < 4.78 is 5.03. The lowest BCUT2D eigenvalue weighted by Gasteiger charge is -2.32. The van der Waals surface area contributed by atoms with Crippen molar-refractivity contribution in [3.63, 3.8) is 0 Å². The van der Waals surface area contributed by atoms with E-state index < -0.39 is 5.41 Å². The lowest BCUT2D eigenvalue weighted by molar-refractivity contribution is 0.438. The molecule has 180 valence electrons. The number of imidazole rings is 1. The van der Waals surface area contributed by atoms with Gasteiger partial charge in [0.25, 0.3) is 5.95 Å². The van der Waals surface area contributed by atoms with Crippen molar-refractivity contribution in [2.24, 2.45) is 4.99 Å². The minimum Gasteiger partial charge on any atom is -0.295 e. The summed E-state index contributed by atoms with van der Waals surface area (Å²) in [5, 5.41) is 26.1. The quantitative estimate of drug-likeness (QED) is 0.393. The maximum absolute atomic E-state index is 13.7. The standard InChI is InChI=1S/C23H27N11O/c1-3-5-9-19-15-32(21-27-30-31-34(21)4-2)22(35)33(19)16-23(10-12-24-13-11-23)18-8-6-7-17(14-18)20-25-28-29-26-20/h6-8,10,12-15H,3-5,9,11,16H2,1-2H3,(H,25,26,28,29). The van der Waals surface area contributed by atoms with Crippen molar-refractivity contribution in [2.45, 2.75) is 58.0 Å². The molecule has 0 saturated heterocycles. The van der Waals surface area contributed by atoms with Gasteiger partial charge in [0.15, 0.2) is 5.82 Å². The third kappa shape index (κ3) is 4.22. The van der Waals surface area contributed by atoms with Gasteiger partial charge in [-0.25, -0.2) is 19.1 Å². The molecule has 4 aromatic rings. The monoisotopic (exact) mass is 473 g/mol. The van der Waals surface area contributed by atoms with Crippen LogP contribution in [-0.4, -0.2) is 56.2 Å². The van der Waals surface area contributed by atoms with Gasteiger partial charge in [-0.3, -0.25) is 9.56 Å². The molecule has 1 atom stereocenters. The molecule has 4 heterocycles. The number of rotatable bonds is 9. The molecule has 0 radical (unpaired) electrons. The van der Waals surface area contributed by atoms with E-state index in [0.29, 0.717) is 31.3 Å². The largest absolute Gasteiger partial charge is 0.335 e. The van der Waals surface area contributed by atoms with Crippen LogP contribution < -0.4 is 5.69 Å². The molecular formula is C23H27N11O. The van der Waals surface area contributed by atoms with E-state index >= 15 is 0 Å². The number of H-pyrrole nitrogens is 1. The van der Waals surface area contributed by atoms with Crippen molar-refractivity contribution in [2.75, 3.05) is 0 Å². The van der Waals surface area contributed by atoms with Gasteiger partial charge in [0.2, 0.25) is 0 Å². The number of aromatic nitrogens is 10. The third-order valence-electron chi connectivity index (χ3n) is 6.41. The summed E-state index contributed by atoms with van der Waals surface area (Å²) in [5.41, 5.74) is 2.24. The zero-order chi connectivity index (χ0) is 24.3. The average molecular weight is 474 g/mol. The van der Waals surface area contributed by atoms with Gasteiger partial charge in [0.1, 0.15) is 0 Å². The van der Waals surface area contributed by atoms with Crippen molar-refractivity contribution in [3.8, 4) is 17.3 Å². The van der Waals surface area contributed by atoms with Crippen LogP contribution in [0.4, 0.5) is 0 Å². The van der Waals surface area contributed by atoms with E-state index in [-0.39, 0.29) is 5.69 Å². The Morgan fingerprint density at radius 2 is 2.09 bits per heavy atom. The Balaban J connectivity index is 1.61. The fourth-order valence-electron chi connectivity index (χ4n) is 4.47. The molecule has 0 bridgehead atoms. The van der Waals surface area contributed by atoms with Crippen LogP contribution in [0, 0.1) is 0 Å². The summed E-state index contributed by atoms with van der Waals surface area (Å²) in [5.74, 6) is 1.01. The highest BCUT2D eigenvalue weighted by molar-refractivity contribution is 5.65. The average Bonchev–Trinajstić information content (AvgIpc) is 3.65. The summed E-state index contributed by atoms with van der Waals surface area (Å²) in [6.45, 7) is 5.10. The Hall–Kier alpha value is -4.22. The molecule has 12 nitrogen and oxygen atoms in total. The smallest absolute Gasteiger partial charge is 0.295 e. The fraction of sp³-hybridized carbons (Fsp3) is 0.391. The molecule has 5 rings (SSSR count). The van der Waals surface area contributed by atoms with Crippen molar-refractivity contribution < 1.29 is 0 Å². The maximum atomic E-state index is 13.7. The van der Waals surface area contributed by atoms with Crippen molar-refractivity contribution in [1.29, 1.82) is 0 Å². The molecule has 1 N–H and O–H groups in total. The van der Waals surface area contributed by atoms with Crippen molar-refractivity contribution >= 4 is 6.21 Å². The van der Waals surface area contributed by atoms with Gasteiger partial charge < -0.3 is 0 Å². The van der Waals surface area contributed by atoms with Crippen LogP contribution >= 0.6 is 0 Å². The van der Waals surface area contributed by atoms with E-state index in [4.69, 9.17) is 0 Å². The Morgan fingerprint density at radius 3 is 2.83 bits per heavy atom. The van der Waals surface area contributed by atoms with E-state index in [1.165, 1.54) is 0 Å². The predicted molar refractivity (Wildman–Crippen MR) is 129 cm³/mol. The fourth-order valence-corrected chi connectivity index (χ4v) is 4.47. The highest BCUT2D eigenvalue weighted by atomic mass is 16.2. The van der Waals surface area contributed by atoms with Crippen LogP contribution in [0.25, 0.3) is 17.3 Å². The summed E-state index contributed by atoms with van der Waals surface area (Å²) in [4.78, 5) is 18.1. The second-order valence-electron chi connectivity index (χ2n) is 8.60. The van der Waals surface area contributed by atoms with Crippen LogP contribution in [0.2, 0.25) is 0 Å². The normalized spacial score (nSPS) is 17.3. The van der Waals surface area contributed by atoms with Crippen LogP contribution in [0.15, 0.2) is 52.5 Å². The Kier molecular flexibility index (Phi) is 6.17. The SMILES string of the molecule is CCCCc1cn(-c2nnnn2CC)c(=O)n1CC1(c2cccc(-c3nnn[nH]3)c2)C=CN=CC1. The van der Waals surface area contributed by atoms with Gasteiger partial charge in [-0.2, -0.15) is 0 Å². The van der Waals surface area contributed by atoms with E-state index in [2.05, 4.69) is 66.3 Å². The second-order valence-corrected chi connectivity index (χ2v) is 8.60. The number of aliphatic imine (C=N–C) groups is 1. The Labute approximate surface area is 201 Å². The zero-order valence-corrected chi connectivity index (χ0v) is 19.7. The van der Waals surface area contributed by atoms with E-state index in [0.717, 1.165) is 36.1 Å². The minimum absolute atomic E-state index is 0.161. The summed E-state index contributed by atoms with van der Waals surface area (Å²) in [6, 6.07) is 8.08. The third-order valence-corrected chi connectivity index (χ3v) is 6.41. The van der Waals surface area contributed by atoms with Crippen LogP contribution in [0.1, 0.15) is 44.4 Å². The maximum Gasteiger partial charge on any atom is 0.335 e. The number of unbranched alkanes of at least 4 members (excludes halogenated alkanes) is 1. The molecule has 1 aliphatic rings. The molecule has 1 aliphatic heterocycles. The molecule has 35 heavy (non-hydrogen) atoms. The molecule has 0 saturated carbocycles. The van der Waals surface area contributed by atoms with E-state index in [1.54, 1.807) is 15.4 Å². The van der Waals surface area contributed by atoms with Crippen LogP contribution in [0.5, 0.6) is 0 Å². The molecule has 1 unspecified atom stereocenters. The zero-order valence-electron chi connectivity index (χ0n) is 19.7. The number of allylic oxidation sites excluding steroid dienone is 1. The van der Waals surface area contributed by atoms with Gasteiger partial charge in [-0.15, -0.1) is 5.10 Å². The van der Waals surface area contributed by atoms with Gasteiger partial charge in [0.05, 0.1) is 0 Å². The Bertz CT molecular complexity index is 1410. The molecule has 3 aromatic heterocycles. The van der Waals surface area contributed by atoms with Gasteiger partial charge in [0, 0.05) is 48.4 Å². The number of hydrogen-bond acceptors (Lipinski definition) is 8. The van der Waals surface area contributed by atoms with E-state index in [9.17, 15) is 4.79 Å². The number of tetrazole rings is 2. The second kappa shape index (κ2) is 9.57. The molecule has 1 aromatic carbocycles. The highest BCUT2D eigenvalue weighted by Crippen LogP contribution is 2.35. The summed E-state index contributed by atoms with van der Waals surface area (Å²) in [6.07, 6.45) is 11.1. The summed E-state index contributed by atoms with van der Waals surface area (Å²) in [7, 11) is 0. The number of benzene rings is 1. The number of nitrogens with zero attached hydrogens (tertiary/aromatic N) is 10. The molecule has 12 heteroatoms. The topological polar surface area (TPSA) is 137 Å². The van der Waals surface area contributed by atoms with Gasteiger partial charge in [-0.1, -0.05) is 42.7 Å². The van der Waals surface area contributed by atoms with Gasteiger partial charge >= 0.3 is 5.69 Å². The first-order chi connectivity index (χ1) is 17.1. The van der Waals surface area contributed by atoms with Crippen molar-refractivity contribution in [3.05, 3.63) is 64.5 Å². The molecule has 0 amide bonds. The minimum atomic E-state index is -0.473. The predicted octanol–water partition coefficient (Wildman–Crippen LogP) is 2.09. The first-order valence-corrected chi connectivity index (χ1v) is 11.8. The summed E-state index contributed by atoms with van der Waals surface area (Å²) >= 11 is 0. The lowest BCUT2D eigenvalue weighted by Crippen LogP contribution is -2.37. The van der Waals surface area contributed by atoms with E-state index in [1.807, 2.05) is 36.0 Å². The number of nitrogens with one attached hydrogen (secondary N) is 1. The number of aryl methyl sites for hydroxylation is 2. The van der Waals surface area contributed by atoms with Crippen LogP contribution in [0.3, 0.4) is 0 Å². The highest BCUT2D eigenvalue weighted by Gasteiger charge is 2.33. The Morgan fingerprint density at radius 1 is 1.17 bits per heavy atom. The molecular weight excluding hydrogens is 446 g/mol. The van der Waals surface area contributed by atoms with Crippen molar-refractivity contribution in [1.82, 2.24) is 50.0 Å². The van der Waals surface area contributed by atoms with Gasteiger partial charge in [-0.05, 0) is 58.7 Å².